The minimum atomic E-state index is -0.682. The van der Waals surface area contributed by atoms with E-state index in [0.717, 1.165) is 30.3 Å². The number of nitrogens with zero attached hydrogens (tertiary/aromatic N) is 1. The fourth-order valence-corrected chi connectivity index (χ4v) is 2.25. The van der Waals surface area contributed by atoms with Gasteiger partial charge in [0.15, 0.2) is 0 Å². The lowest BCUT2D eigenvalue weighted by atomic mass is 10.1. The normalized spacial score (nSPS) is 9.78. The van der Waals surface area contributed by atoms with Gasteiger partial charge in [0.25, 0.3) is 0 Å². The van der Waals surface area contributed by atoms with E-state index in [9.17, 15) is 4.79 Å². The Bertz CT molecular complexity index is 653. The number of carboxylic acids is 1. The molecule has 0 radical (unpaired) electrons. The van der Waals surface area contributed by atoms with Crippen LogP contribution in [0.25, 0.3) is 21.8 Å². The average molecular weight is 376 g/mol. The van der Waals surface area contributed by atoms with Crippen molar-refractivity contribution in [1.29, 1.82) is 0 Å². The number of unbranched alkanes of at least 4 members (excludes halogenated alkanes) is 2. The first-order chi connectivity index (χ1) is 10.7. The highest BCUT2D eigenvalue weighted by atomic mass is 79.9. The third kappa shape index (κ3) is 5.99. The van der Waals surface area contributed by atoms with Crippen molar-refractivity contribution in [3.05, 3.63) is 54.6 Å². The van der Waals surface area contributed by atoms with E-state index in [2.05, 4.69) is 30.1 Å². The summed E-state index contributed by atoms with van der Waals surface area (Å²) in [5.41, 5.74) is 2.12. The summed E-state index contributed by atoms with van der Waals surface area (Å²) in [5.74, 6) is -0.682. The van der Waals surface area contributed by atoms with Crippen molar-refractivity contribution in [2.24, 2.45) is 0 Å². The number of benzene rings is 2. The van der Waals surface area contributed by atoms with Gasteiger partial charge in [0.2, 0.25) is 0 Å². The van der Waals surface area contributed by atoms with E-state index in [0.29, 0.717) is 6.42 Å². The minimum Gasteiger partial charge on any atom is -0.481 e. The number of pyridine rings is 1. The molecule has 0 atom stereocenters. The molecule has 0 amide bonds. The fraction of sp³-hybridized carbons (Fsp3) is 0.263. The number of carboxylic acid groups (broad SMARTS) is 1. The predicted molar refractivity (Wildman–Crippen MR) is 101 cm³/mol. The van der Waals surface area contributed by atoms with Crippen LogP contribution in [0.4, 0.5) is 0 Å². The quantitative estimate of drug-likeness (QED) is 0.475. The summed E-state index contributed by atoms with van der Waals surface area (Å²) < 4.78 is 0. The van der Waals surface area contributed by atoms with Crippen LogP contribution in [0.5, 0.6) is 0 Å². The van der Waals surface area contributed by atoms with Gasteiger partial charge in [-0.25, -0.2) is 4.98 Å². The molecule has 0 aliphatic rings. The molecule has 0 saturated heterocycles. The fourth-order valence-electron chi connectivity index (χ4n) is 2.25. The molecule has 0 aliphatic carbocycles. The molecule has 2 aromatic carbocycles. The molecule has 0 saturated carbocycles. The largest absolute Gasteiger partial charge is 0.481 e. The van der Waals surface area contributed by atoms with Gasteiger partial charge in [0, 0.05) is 17.2 Å². The summed E-state index contributed by atoms with van der Waals surface area (Å²) in [4.78, 5) is 14.5. The summed E-state index contributed by atoms with van der Waals surface area (Å²) in [6.07, 6.45) is 3.28. The molecular formula is C19H22BrNO2. The van der Waals surface area contributed by atoms with E-state index in [1.807, 2.05) is 36.4 Å². The molecule has 1 N–H and O–H groups in total. The number of carbonyl (C=O) groups is 1. The second-order valence-corrected chi connectivity index (χ2v) is 5.22. The topological polar surface area (TPSA) is 50.2 Å². The number of para-hydroxylation sites is 2. The summed E-state index contributed by atoms with van der Waals surface area (Å²) in [5, 5.41) is 10.5. The molecular weight excluding hydrogens is 354 g/mol. The zero-order valence-electron chi connectivity index (χ0n) is 13.2. The molecule has 122 valence electrons. The van der Waals surface area contributed by atoms with Gasteiger partial charge in [0.1, 0.15) is 0 Å². The zero-order valence-corrected chi connectivity index (χ0v) is 14.9. The van der Waals surface area contributed by atoms with Crippen LogP contribution in [0, 0.1) is 0 Å². The Labute approximate surface area is 147 Å². The van der Waals surface area contributed by atoms with Crippen molar-refractivity contribution in [1.82, 2.24) is 4.98 Å². The van der Waals surface area contributed by atoms with Crippen molar-refractivity contribution in [2.45, 2.75) is 32.6 Å². The molecule has 3 rings (SSSR count). The van der Waals surface area contributed by atoms with E-state index in [-0.39, 0.29) is 17.0 Å². The van der Waals surface area contributed by atoms with Crippen LogP contribution >= 0.6 is 17.0 Å². The second kappa shape index (κ2) is 9.95. The van der Waals surface area contributed by atoms with Crippen molar-refractivity contribution in [2.75, 3.05) is 0 Å². The molecule has 0 bridgehead atoms. The van der Waals surface area contributed by atoms with Crippen LogP contribution in [0.2, 0.25) is 0 Å². The Balaban J connectivity index is 0.000000258. The maximum atomic E-state index is 9.87. The van der Waals surface area contributed by atoms with Crippen molar-refractivity contribution in [3.63, 3.8) is 0 Å². The van der Waals surface area contributed by atoms with Gasteiger partial charge in [-0.05, 0) is 24.6 Å². The summed E-state index contributed by atoms with van der Waals surface area (Å²) in [7, 11) is 0. The minimum absolute atomic E-state index is 0. The van der Waals surface area contributed by atoms with Crippen LogP contribution in [-0.2, 0) is 4.79 Å². The van der Waals surface area contributed by atoms with E-state index < -0.39 is 5.97 Å². The lowest BCUT2D eigenvalue weighted by molar-refractivity contribution is -0.137. The number of rotatable bonds is 4. The average Bonchev–Trinajstić information content (AvgIpc) is 2.53. The maximum absolute atomic E-state index is 9.87. The lowest BCUT2D eigenvalue weighted by Crippen LogP contribution is -1.92. The van der Waals surface area contributed by atoms with Crippen molar-refractivity contribution >= 4 is 44.8 Å². The summed E-state index contributed by atoms with van der Waals surface area (Å²) >= 11 is 0. The number of aromatic nitrogens is 1. The van der Waals surface area contributed by atoms with Crippen LogP contribution < -0.4 is 0 Å². The molecule has 3 nitrogen and oxygen atoms in total. The first kappa shape index (κ1) is 19.1. The Morgan fingerprint density at radius 2 is 1.48 bits per heavy atom. The molecule has 1 heterocycles. The predicted octanol–water partition coefficient (Wildman–Crippen LogP) is 5.62. The number of halogens is 1. The molecule has 3 aromatic rings. The Kier molecular flexibility index (Phi) is 8.27. The Hall–Kier alpha value is -1.94. The number of aliphatic carboxylic acids is 1. The standard InChI is InChI=1S/C13H9N.C6H12O2.BrH/c1-3-7-12-10(5-1)9-11-6-2-4-8-13(11)14-12;1-2-3-4-5-6(7)8;/h1-9H;2-5H2,1H3,(H,7,8);1H. The molecule has 4 heteroatoms. The molecule has 1 aromatic heterocycles. The molecule has 0 aliphatic heterocycles. The lowest BCUT2D eigenvalue weighted by Gasteiger charge is -1.99. The van der Waals surface area contributed by atoms with Gasteiger partial charge >= 0.3 is 5.97 Å². The zero-order chi connectivity index (χ0) is 15.8. The third-order valence-corrected chi connectivity index (χ3v) is 3.42. The van der Waals surface area contributed by atoms with Gasteiger partial charge in [-0.2, -0.15) is 0 Å². The summed E-state index contributed by atoms with van der Waals surface area (Å²) in [6, 6.07) is 18.6. The second-order valence-electron chi connectivity index (χ2n) is 5.22. The number of hydrogen-bond acceptors (Lipinski definition) is 2. The van der Waals surface area contributed by atoms with Gasteiger partial charge in [-0.1, -0.05) is 56.2 Å². The van der Waals surface area contributed by atoms with E-state index >= 15 is 0 Å². The SMILES string of the molecule is Br.CCCCCC(=O)O.c1ccc2nc3ccccc3cc2c1. The Morgan fingerprint density at radius 3 is 1.96 bits per heavy atom. The third-order valence-electron chi connectivity index (χ3n) is 3.42. The molecule has 0 fully saturated rings. The maximum Gasteiger partial charge on any atom is 0.303 e. The number of fused-ring (bicyclic) bond motifs is 2. The highest BCUT2D eigenvalue weighted by molar-refractivity contribution is 8.93. The number of hydrogen-bond donors (Lipinski definition) is 1. The highest BCUT2D eigenvalue weighted by Gasteiger charge is 1.96. The molecule has 0 spiro atoms. The highest BCUT2D eigenvalue weighted by Crippen LogP contribution is 2.18. The first-order valence-corrected chi connectivity index (χ1v) is 7.67. The van der Waals surface area contributed by atoms with E-state index in [1.165, 1.54) is 10.8 Å². The van der Waals surface area contributed by atoms with Crippen LogP contribution in [0.1, 0.15) is 32.6 Å². The van der Waals surface area contributed by atoms with Crippen LogP contribution in [0.15, 0.2) is 54.6 Å². The van der Waals surface area contributed by atoms with Gasteiger partial charge in [0.05, 0.1) is 11.0 Å². The van der Waals surface area contributed by atoms with Gasteiger partial charge in [-0.15, -0.1) is 17.0 Å². The molecule has 0 unspecified atom stereocenters. The van der Waals surface area contributed by atoms with Crippen molar-refractivity contribution in [3.8, 4) is 0 Å². The van der Waals surface area contributed by atoms with Crippen LogP contribution in [0.3, 0.4) is 0 Å². The Morgan fingerprint density at radius 1 is 0.957 bits per heavy atom. The molecule has 23 heavy (non-hydrogen) atoms. The van der Waals surface area contributed by atoms with Crippen LogP contribution in [-0.4, -0.2) is 16.1 Å². The monoisotopic (exact) mass is 375 g/mol. The van der Waals surface area contributed by atoms with E-state index in [1.54, 1.807) is 0 Å². The van der Waals surface area contributed by atoms with Gasteiger partial charge < -0.3 is 5.11 Å². The van der Waals surface area contributed by atoms with Gasteiger partial charge in [-0.3, -0.25) is 4.79 Å². The summed E-state index contributed by atoms with van der Waals surface area (Å²) in [6.45, 7) is 2.06. The van der Waals surface area contributed by atoms with Crippen molar-refractivity contribution < 1.29 is 9.90 Å². The first-order valence-electron chi connectivity index (χ1n) is 7.67. The van der Waals surface area contributed by atoms with E-state index in [4.69, 9.17) is 5.11 Å². The smallest absolute Gasteiger partial charge is 0.303 e.